The number of hydrogen-bond acceptors (Lipinski definition) is 7. The molecule has 0 unspecified atom stereocenters. The smallest absolute Gasteiger partial charge is 0.339 e. The van der Waals surface area contributed by atoms with Crippen LogP contribution in [0.5, 0.6) is 0 Å². The van der Waals surface area contributed by atoms with Crippen LogP contribution in [-0.4, -0.2) is 56.0 Å². The number of hydrogen-bond donors (Lipinski definition) is 1. The highest BCUT2D eigenvalue weighted by molar-refractivity contribution is 8.00. The molecule has 1 fully saturated rings. The van der Waals surface area contributed by atoms with Crippen molar-refractivity contribution in [2.45, 2.75) is 38.1 Å². The topological polar surface area (TPSA) is 107 Å². The molecule has 1 aliphatic rings. The Balaban J connectivity index is 1.91. The van der Waals surface area contributed by atoms with E-state index < -0.39 is 21.2 Å². The van der Waals surface area contributed by atoms with Gasteiger partial charge in [0.1, 0.15) is 0 Å². The molecule has 7 nitrogen and oxygen atoms in total. The Kier molecular flexibility index (Phi) is 7.28. The zero-order valence-corrected chi connectivity index (χ0v) is 17.8. The number of ketones is 1. The number of esters is 1. The van der Waals surface area contributed by atoms with Gasteiger partial charge in [-0.15, -0.1) is 11.8 Å². The molecule has 0 aliphatic carbocycles. The van der Waals surface area contributed by atoms with Crippen LogP contribution in [0.3, 0.4) is 0 Å². The summed E-state index contributed by atoms with van der Waals surface area (Å²) in [6.45, 7) is 4.95. The quantitative estimate of drug-likeness (QED) is 0.523. The Morgan fingerprint density at radius 3 is 2.50 bits per heavy atom. The van der Waals surface area contributed by atoms with Crippen LogP contribution in [0.25, 0.3) is 0 Å². The SMILES string of the molecule is CC(C)(C)C(=O)COC(=O)c1ccccc1SCC(=O)N[C@@H]1CCS(=O)(=O)C1. The predicted molar refractivity (Wildman–Crippen MR) is 107 cm³/mol. The summed E-state index contributed by atoms with van der Waals surface area (Å²) in [5.74, 6) is -0.999. The first-order chi connectivity index (χ1) is 13.0. The van der Waals surface area contributed by atoms with Crippen LogP contribution in [0.15, 0.2) is 29.2 Å². The summed E-state index contributed by atoms with van der Waals surface area (Å²) in [7, 11) is -3.06. The summed E-state index contributed by atoms with van der Waals surface area (Å²) in [5.41, 5.74) is -0.314. The minimum Gasteiger partial charge on any atom is -0.454 e. The Bertz CT molecular complexity index is 857. The van der Waals surface area contributed by atoms with Crippen molar-refractivity contribution in [2.24, 2.45) is 5.41 Å². The Morgan fingerprint density at radius 1 is 1.21 bits per heavy atom. The number of carbonyl (C=O) groups is 3. The number of thioether (sulfide) groups is 1. The van der Waals surface area contributed by atoms with Crippen molar-refractivity contribution in [2.75, 3.05) is 23.9 Å². The second kappa shape index (κ2) is 9.09. The van der Waals surface area contributed by atoms with Crippen molar-refractivity contribution < 1.29 is 27.5 Å². The fraction of sp³-hybridized carbons (Fsp3) is 0.526. The van der Waals surface area contributed by atoms with Gasteiger partial charge in [-0.3, -0.25) is 9.59 Å². The number of rotatable bonds is 7. The molecule has 1 N–H and O–H groups in total. The average molecular weight is 428 g/mol. The van der Waals surface area contributed by atoms with Gasteiger partial charge in [-0.1, -0.05) is 32.9 Å². The molecule has 1 heterocycles. The first-order valence-electron chi connectivity index (χ1n) is 8.90. The maximum atomic E-state index is 12.3. The van der Waals surface area contributed by atoms with Crippen molar-refractivity contribution in [1.29, 1.82) is 0 Å². The van der Waals surface area contributed by atoms with Gasteiger partial charge in [0.25, 0.3) is 0 Å². The molecule has 0 spiro atoms. The van der Waals surface area contributed by atoms with Crippen LogP contribution < -0.4 is 5.32 Å². The van der Waals surface area contributed by atoms with E-state index in [9.17, 15) is 22.8 Å². The zero-order chi connectivity index (χ0) is 20.9. The molecule has 1 atom stereocenters. The second-order valence-electron chi connectivity index (χ2n) is 7.70. The van der Waals surface area contributed by atoms with Crippen molar-refractivity contribution >= 4 is 39.3 Å². The molecule has 28 heavy (non-hydrogen) atoms. The van der Waals surface area contributed by atoms with Crippen LogP contribution in [-0.2, 0) is 24.2 Å². The number of carbonyl (C=O) groups excluding carboxylic acids is 3. The molecule has 0 saturated carbocycles. The third-order valence-corrected chi connectivity index (χ3v) is 7.08. The fourth-order valence-electron chi connectivity index (χ4n) is 2.51. The van der Waals surface area contributed by atoms with E-state index in [0.29, 0.717) is 11.3 Å². The van der Waals surface area contributed by atoms with Crippen molar-refractivity contribution in [3.8, 4) is 0 Å². The molecule has 1 aromatic rings. The molecule has 1 aromatic carbocycles. The lowest BCUT2D eigenvalue weighted by Crippen LogP contribution is -2.36. The van der Waals surface area contributed by atoms with Crippen molar-refractivity contribution in [3.05, 3.63) is 29.8 Å². The molecule has 2 rings (SSSR count). The Morgan fingerprint density at radius 2 is 1.89 bits per heavy atom. The summed E-state index contributed by atoms with van der Waals surface area (Å²) in [5, 5.41) is 2.71. The van der Waals surface area contributed by atoms with E-state index >= 15 is 0 Å². The average Bonchev–Trinajstić information content (AvgIpc) is 2.95. The molecular formula is C19H25NO6S2. The highest BCUT2D eigenvalue weighted by Crippen LogP contribution is 2.24. The minimum atomic E-state index is -3.06. The summed E-state index contributed by atoms with van der Waals surface area (Å²) >= 11 is 1.16. The van der Waals surface area contributed by atoms with Crippen LogP contribution in [0.1, 0.15) is 37.6 Å². The number of benzene rings is 1. The van der Waals surface area contributed by atoms with Gasteiger partial charge >= 0.3 is 5.97 Å². The van der Waals surface area contributed by atoms with Crippen LogP contribution in [0.4, 0.5) is 0 Å². The highest BCUT2D eigenvalue weighted by Gasteiger charge is 2.29. The largest absolute Gasteiger partial charge is 0.454 e. The maximum absolute atomic E-state index is 12.3. The number of ether oxygens (including phenoxy) is 1. The number of nitrogens with one attached hydrogen (secondary N) is 1. The summed E-state index contributed by atoms with van der Waals surface area (Å²) < 4.78 is 28.0. The van der Waals surface area contributed by atoms with E-state index in [1.807, 2.05) is 0 Å². The number of Topliss-reactive ketones (excluding diaryl/α,β-unsaturated/α-hetero) is 1. The Hall–Kier alpha value is -1.87. The van der Waals surface area contributed by atoms with E-state index in [1.54, 1.807) is 45.0 Å². The van der Waals surface area contributed by atoms with Crippen molar-refractivity contribution in [3.63, 3.8) is 0 Å². The lowest BCUT2D eigenvalue weighted by Gasteiger charge is -2.16. The molecule has 0 bridgehead atoms. The molecule has 0 radical (unpaired) electrons. The van der Waals surface area contributed by atoms with Crippen LogP contribution in [0, 0.1) is 5.41 Å². The summed E-state index contributed by atoms with van der Waals surface area (Å²) in [6, 6.07) is 6.33. The zero-order valence-electron chi connectivity index (χ0n) is 16.2. The third kappa shape index (κ3) is 6.63. The van der Waals surface area contributed by atoms with Crippen LogP contribution in [0.2, 0.25) is 0 Å². The molecule has 1 saturated heterocycles. The first-order valence-corrected chi connectivity index (χ1v) is 11.7. The van der Waals surface area contributed by atoms with Gasteiger partial charge in [0, 0.05) is 16.4 Å². The van der Waals surface area contributed by atoms with Gasteiger partial charge in [-0.2, -0.15) is 0 Å². The lowest BCUT2D eigenvalue weighted by atomic mass is 9.91. The van der Waals surface area contributed by atoms with Gasteiger partial charge < -0.3 is 10.1 Å². The summed E-state index contributed by atoms with van der Waals surface area (Å²) in [4.78, 5) is 36.9. The van der Waals surface area contributed by atoms with E-state index in [2.05, 4.69) is 5.32 Å². The summed E-state index contributed by atoms with van der Waals surface area (Å²) in [6.07, 6.45) is 0.420. The van der Waals surface area contributed by atoms with E-state index in [0.717, 1.165) is 11.8 Å². The molecule has 1 aliphatic heterocycles. The monoisotopic (exact) mass is 427 g/mol. The standard InChI is InChI=1S/C19H25NO6S2/c1-19(2,3)16(21)10-26-18(23)14-6-4-5-7-15(14)27-11-17(22)20-13-8-9-28(24,25)12-13/h4-7,13H,8-12H2,1-3H3,(H,20,22)/t13-/m1/s1. The van der Waals surface area contributed by atoms with Gasteiger partial charge in [0.05, 0.1) is 22.8 Å². The van der Waals surface area contributed by atoms with Crippen molar-refractivity contribution in [1.82, 2.24) is 5.32 Å². The van der Waals surface area contributed by atoms with Gasteiger partial charge in [0.2, 0.25) is 5.91 Å². The minimum absolute atomic E-state index is 0.0336. The van der Waals surface area contributed by atoms with Gasteiger partial charge in [0.15, 0.2) is 22.2 Å². The predicted octanol–water partition coefficient (Wildman–Crippen LogP) is 1.85. The third-order valence-electron chi connectivity index (χ3n) is 4.23. The fourth-order valence-corrected chi connectivity index (χ4v) is 5.03. The normalized spacial score (nSPS) is 18.5. The molecular weight excluding hydrogens is 402 g/mol. The first kappa shape index (κ1) is 22.4. The Labute approximate surface area is 169 Å². The maximum Gasteiger partial charge on any atom is 0.339 e. The molecule has 1 amide bonds. The van der Waals surface area contributed by atoms with E-state index in [-0.39, 0.29) is 47.2 Å². The molecule has 0 aromatic heterocycles. The lowest BCUT2D eigenvalue weighted by molar-refractivity contribution is -0.129. The highest BCUT2D eigenvalue weighted by atomic mass is 32.2. The molecule has 9 heteroatoms. The van der Waals surface area contributed by atoms with E-state index in [4.69, 9.17) is 4.74 Å². The number of sulfone groups is 1. The second-order valence-corrected chi connectivity index (χ2v) is 10.9. The van der Waals surface area contributed by atoms with Crippen LogP contribution >= 0.6 is 11.8 Å². The van der Waals surface area contributed by atoms with E-state index in [1.165, 1.54) is 0 Å². The number of amides is 1. The van der Waals surface area contributed by atoms with Gasteiger partial charge in [-0.25, -0.2) is 13.2 Å². The molecule has 154 valence electrons. The van der Waals surface area contributed by atoms with Gasteiger partial charge in [-0.05, 0) is 18.6 Å².